The molecule has 1 aliphatic heterocycles. The molecular weight excluding hydrogens is 461 g/mol. The van der Waals surface area contributed by atoms with Crippen molar-refractivity contribution in [2.24, 2.45) is 0 Å². The molecule has 0 aliphatic carbocycles. The molecule has 5 rings (SSSR count). The van der Waals surface area contributed by atoms with Crippen LogP contribution in [0.5, 0.6) is 5.88 Å². The van der Waals surface area contributed by atoms with E-state index in [0.29, 0.717) is 29.8 Å². The molecule has 0 amide bonds. The van der Waals surface area contributed by atoms with Crippen LogP contribution < -0.4 is 4.74 Å². The van der Waals surface area contributed by atoms with Crippen molar-refractivity contribution in [2.75, 3.05) is 13.7 Å². The van der Waals surface area contributed by atoms with Crippen LogP contribution in [0.1, 0.15) is 40.3 Å². The Bertz CT molecular complexity index is 1390. The first kappa shape index (κ1) is 22.8. The third-order valence-electron chi connectivity index (χ3n) is 5.54. The summed E-state index contributed by atoms with van der Waals surface area (Å²) in [5.41, 5.74) is 1.48. The first-order valence-electron chi connectivity index (χ1n) is 10.8. The molecular formula is C24H21F3N6O2. The molecule has 0 bridgehead atoms. The van der Waals surface area contributed by atoms with Crippen molar-refractivity contribution in [1.29, 1.82) is 0 Å². The molecule has 3 aromatic heterocycles. The van der Waals surface area contributed by atoms with Crippen molar-refractivity contribution in [1.82, 2.24) is 29.3 Å². The van der Waals surface area contributed by atoms with Gasteiger partial charge in [0.25, 0.3) is 0 Å². The molecule has 35 heavy (non-hydrogen) atoms. The highest BCUT2D eigenvalue weighted by molar-refractivity contribution is 5.65. The first-order valence-corrected chi connectivity index (χ1v) is 10.8. The van der Waals surface area contributed by atoms with Gasteiger partial charge in [0.2, 0.25) is 5.88 Å². The molecule has 0 saturated carbocycles. The van der Waals surface area contributed by atoms with E-state index in [0.717, 1.165) is 17.4 Å². The van der Waals surface area contributed by atoms with Crippen LogP contribution in [-0.2, 0) is 17.5 Å². The molecule has 0 saturated heterocycles. The van der Waals surface area contributed by atoms with Crippen LogP contribution in [0.15, 0.2) is 48.9 Å². The predicted molar refractivity (Wildman–Crippen MR) is 121 cm³/mol. The SMILES string of the molecule is COc1nc(C=Cc2nc3n(n2)CCO[C@@H]3c2ccccc2C(F)(F)F)ccc1-n1cnc(C)c1. The number of pyridine rings is 1. The lowest BCUT2D eigenvalue weighted by atomic mass is 10.0. The highest BCUT2D eigenvalue weighted by atomic mass is 19.4. The number of aryl methyl sites for hydroxylation is 1. The zero-order valence-corrected chi connectivity index (χ0v) is 18.9. The summed E-state index contributed by atoms with van der Waals surface area (Å²) in [7, 11) is 1.53. The van der Waals surface area contributed by atoms with E-state index < -0.39 is 17.8 Å². The maximum Gasteiger partial charge on any atom is 0.416 e. The number of ether oxygens (including phenoxy) is 2. The van der Waals surface area contributed by atoms with E-state index in [4.69, 9.17) is 9.47 Å². The topological polar surface area (TPSA) is 79.9 Å². The van der Waals surface area contributed by atoms with E-state index in [2.05, 4.69) is 20.1 Å². The zero-order chi connectivity index (χ0) is 24.6. The fourth-order valence-electron chi connectivity index (χ4n) is 3.95. The lowest BCUT2D eigenvalue weighted by Gasteiger charge is -2.25. The van der Waals surface area contributed by atoms with Gasteiger partial charge in [0.15, 0.2) is 11.6 Å². The Balaban J connectivity index is 1.43. The second-order valence-electron chi connectivity index (χ2n) is 7.91. The third kappa shape index (κ3) is 4.54. The maximum absolute atomic E-state index is 13.6. The van der Waals surface area contributed by atoms with Crippen LogP contribution in [0.4, 0.5) is 13.2 Å². The highest BCUT2D eigenvalue weighted by Gasteiger charge is 2.38. The summed E-state index contributed by atoms with van der Waals surface area (Å²) >= 11 is 0. The summed E-state index contributed by atoms with van der Waals surface area (Å²) in [4.78, 5) is 13.2. The van der Waals surface area contributed by atoms with Crippen LogP contribution in [-0.4, -0.2) is 43.0 Å². The largest absolute Gasteiger partial charge is 0.479 e. The van der Waals surface area contributed by atoms with Gasteiger partial charge in [-0.05, 0) is 37.3 Å². The minimum atomic E-state index is -4.50. The van der Waals surface area contributed by atoms with Gasteiger partial charge in [0.1, 0.15) is 11.8 Å². The number of nitrogens with zero attached hydrogens (tertiary/aromatic N) is 6. The van der Waals surface area contributed by atoms with Crippen LogP contribution in [0.2, 0.25) is 0 Å². The molecule has 4 aromatic rings. The molecule has 1 aromatic carbocycles. The lowest BCUT2D eigenvalue weighted by Crippen LogP contribution is -2.25. The normalized spacial score (nSPS) is 16.0. The van der Waals surface area contributed by atoms with Crippen LogP contribution >= 0.6 is 0 Å². The lowest BCUT2D eigenvalue weighted by molar-refractivity contribution is -0.139. The van der Waals surface area contributed by atoms with Crippen LogP contribution in [0, 0.1) is 6.92 Å². The summed E-state index contributed by atoms with van der Waals surface area (Å²) in [6, 6.07) is 9.03. The summed E-state index contributed by atoms with van der Waals surface area (Å²) < 4.78 is 55.2. The van der Waals surface area contributed by atoms with Gasteiger partial charge in [-0.15, -0.1) is 0 Å². The number of fused-ring (bicyclic) bond motifs is 1. The van der Waals surface area contributed by atoms with Gasteiger partial charge < -0.3 is 14.0 Å². The Labute approximate surface area is 198 Å². The Morgan fingerprint density at radius 3 is 2.69 bits per heavy atom. The van der Waals surface area contributed by atoms with Gasteiger partial charge in [-0.3, -0.25) is 0 Å². The highest BCUT2D eigenvalue weighted by Crippen LogP contribution is 2.38. The van der Waals surface area contributed by atoms with E-state index in [1.54, 1.807) is 29.2 Å². The molecule has 1 aliphatic rings. The van der Waals surface area contributed by atoms with E-state index in [1.165, 1.54) is 19.2 Å². The van der Waals surface area contributed by atoms with Gasteiger partial charge in [-0.25, -0.2) is 19.6 Å². The van der Waals surface area contributed by atoms with Crippen molar-refractivity contribution >= 4 is 12.2 Å². The Kier molecular flexibility index (Phi) is 5.85. The summed E-state index contributed by atoms with van der Waals surface area (Å²) in [6.07, 6.45) is 1.45. The maximum atomic E-state index is 13.6. The number of methoxy groups -OCH3 is 1. The smallest absolute Gasteiger partial charge is 0.416 e. The standard InChI is InChI=1S/C24H21F3N6O2/c1-15-13-32(14-28-15)19-9-7-16(29-23(19)34-2)8-10-20-30-22-21(35-12-11-33(22)31-20)17-5-3-4-6-18(17)24(25,26)27/h3-10,13-14,21H,11-12H2,1-2H3/t21-/m1/s1. The molecule has 11 heteroatoms. The molecule has 0 unspecified atom stereocenters. The molecule has 0 N–H and O–H groups in total. The first-order chi connectivity index (χ1) is 16.8. The van der Waals surface area contributed by atoms with Gasteiger partial charge in [0, 0.05) is 11.8 Å². The van der Waals surface area contributed by atoms with Crippen molar-refractivity contribution in [3.05, 3.63) is 83.1 Å². The molecule has 0 radical (unpaired) electrons. The number of rotatable bonds is 5. The molecule has 180 valence electrons. The van der Waals surface area contributed by atoms with Crippen molar-refractivity contribution in [2.45, 2.75) is 25.7 Å². The summed E-state index contributed by atoms with van der Waals surface area (Å²) in [6.45, 7) is 2.51. The van der Waals surface area contributed by atoms with E-state index >= 15 is 0 Å². The van der Waals surface area contributed by atoms with E-state index in [-0.39, 0.29) is 12.2 Å². The summed E-state index contributed by atoms with van der Waals surface area (Å²) in [5, 5.41) is 4.43. The predicted octanol–water partition coefficient (Wildman–Crippen LogP) is 4.48. The second-order valence-corrected chi connectivity index (χ2v) is 7.91. The Morgan fingerprint density at radius 1 is 1.11 bits per heavy atom. The second kappa shape index (κ2) is 8.99. The molecule has 4 heterocycles. The minimum Gasteiger partial charge on any atom is -0.479 e. The van der Waals surface area contributed by atoms with Gasteiger partial charge in [-0.2, -0.15) is 18.3 Å². The van der Waals surface area contributed by atoms with Gasteiger partial charge >= 0.3 is 6.18 Å². The Morgan fingerprint density at radius 2 is 1.94 bits per heavy atom. The zero-order valence-electron chi connectivity index (χ0n) is 18.9. The number of benzene rings is 1. The van der Waals surface area contributed by atoms with E-state index in [9.17, 15) is 13.2 Å². The number of alkyl halides is 3. The molecule has 1 atom stereocenters. The van der Waals surface area contributed by atoms with Crippen molar-refractivity contribution < 1.29 is 22.6 Å². The van der Waals surface area contributed by atoms with Crippen LogP contribution in [0.3, 0.4) is 0 Å². The average Bonchev–Trinajstić information content (AvgIpc) is 3.47. The van der Waals surface area contributed by atoms with Crippen molar-refractivity contribution in [3.8, 4) is 11.6 Å². The molecule has 0 fully saturated rings. The monoisotopic (exact) mass is 482 g/mol. The fourth-order valence-corrected chi connectivity index (χ4v) is 3.95. The number of imidazole rings is 1. The number of halogens is 3. The number of hydrogen-bond donors (Lipinski definition) is 0. The van der Waals surface area contributed by atoms with E-state index in [1.807, 2.05) is 29.8 Å². The third-order valence-corrected chi connectivity index (χ3v) is 5.54. The van der Waals surface area contributed by atoms with Crippen LogP contribution in [0.25, 0.3) is 17.8 Å². The minimum absolute atomic E-state index is 0.0145. The van der Waals surface area contributed by atoms with Crippen molar-refractivity contribution in [3.63, 3.8) is 0 Å². The fraction of sp³-hybridized carbons (Fsp3) is 0.250. The molecule has 8 nitrogen and oxygen atoms in total. The summed E-state index contributed by atoms with van der Waals surface area (Å²) in [5.74, 6) is 1.08. The van der Waals surface area contributed by atoms with Gasteiger partial charge in [-0.1, -0.05) is 18.2 Å². The number of aromatic nitrogens is 6. The number of hydrogen-bond acceptors (Lipinski definition) is 6. The quantitative estimate of drug-likeness (QED) is 0.417. The van der Waals surface area contributed by atoms with Gasteiger partial charge in [0.05, 0.1) is 43.5 Å². The Hall–Kier alpha value is -3.99. The molecule has 0 spiro atoms. The average molecular weight is 482 g/mol.